The molecule has 4 nitrogen and oxygen atoms in total. The molecule has 2 aromatic carbocycles. The Morgan fingerprint density at radius 2 is 1.85 bits per heavy atom. The van der Waals surface area contributed by atoms with E-state index in [1.165, 1.54) is 0 Å². The van der Waals surface area contributed by atoms with E-state index in [0.717, 1.165) is 16.8 Å². The van der Waals surface area contributed by atoms with Gasteiger partial charge in [0.2, 0.25) is 0 Å². The summed E-state index contributed by atoms with van der Waals surface area (Å²) in [5.41, 5.74) is 3.68. The molecule has 0 unspecified atom stereocenters. The Kier molecular flexibility index (Phi) is 4.25. The molecule has 2 aromatic rings. The topological polar surface area (TPSA) is 55.2 Å². The molecule has 0 saturated carbocycles. The van der Waals surface area contributed by atoms with E-state index >= 15 is 0 Å². The second-order valence-electron chi connectivity index (χ2n) is 4.69. The predicted octanol–water partition coefficient (Wildman–Crippen LogP) is 4.48. The third-order valence-electron chi connectivity index (χ3n) is 3.15. The first-order valence-corrected chi connectivity index (χ1v) is 6.59. The highest BCUT2D eigenvalue weighted by Crippen LogP contribution is 2.23. The van der Waals surface area contributed by atoms with Gasteiger partial charge in [0.15, 0.2) is 0 Å². The number of hydrogen-bond donors (Lipinski definition) is 1. The Hall–Kier alpha value is -2.07. The first-order valence-electron chi connectivity index (χ1n) is 6.21. The van der Waals surface area contributed by atoms with Gasteiger partial charge in [-0.05, 0) is 37.1 Å². The fraction of sp³-hybridized carbons (Fsp3) is 0.200. The van der Waals surface area contributed by atoms with Crippen LogP contribution in [0.1, 0.15) is 16.7 Å². The first-order chi connectivity index (χ1) is 9.47. The normalized spacial score (nSPS) is 10.3. The van der Waals surface area contributed by atoms with E-state index in [2.05, 4.69) is 5.32 Å². The molecule has 0 aliphatic heterocycles. The SMILES string of the molecule is Cc1ccc(Cl)cc1NCc1ccc(C)c([N+](=O)[O-])c1. The third-order valence-corrected chi connectivity index (χ3v) is 3.39. The summed E-state index contributed by atoms with van der Waals surface area (Å²) in [4.78, 5) is 10.6. The van der Waals surface area contributed by atoms with Crippen LogP contribution in [0.25, 0.3) is 0 Å². The van der Waals surface area contributed by atoms with E-state index < -0.39 is 0 Å². The second-order valence-corrected chi connectivity index (χ2v) is 5.13. The van der Waals surface area contributed by atoms with Crippen LogP contribution in [0.3, 0.4) is 0 Å². The minimum Gasteiger partial charge on any atom is -0.381 e. The number of nitrogens with zero attached hydrogens (tertiary/aromatic N) is 1. The lowest BCUT2D eigenvalue weighted by molar-refractivity contribution is -0.385. The van der Waals surface area contributed by atoms with Gasteiger partial charge in [-0.2, -0.15) is 0 Å². The Morgan fingerprint density at radius 1 is 1.15 bits per heavy atom. The Labute approximate surface area is 122 Å². The van der Waals surface area contributed by atoms with E-state index in [1.54, 1.807) is 19.1 Å². The summed E-state index contributed by atoms with van der Waals surface area (Å²) in [6.07, 6.45) is 0. The maximum Gasteiger partial charge on any atom is 0.272 e. The van der Waals surface area contributed by atoms with Crippen molar-refractivity contribution in [2.75, 3.05) is 5.32 Å². The summed E-state index contributed by atoms with van der Waals surface area (Å²) in [5, 5.41) is 14.8. The van der Waals surface area contributed by atoms with Crippen LogP contribution in [0.5, 0.6) is 0 Å². The molecule has 20 heavy (non-hydrogen) atoms. The van der Waals surface area contributed by atoms with Crippen molar-refractivity contribution in [3.05, 3.63) is 68.2 Å². The summed E-state index contributed by atoms with van der Waals surface area (Å²) in [7, 11) is 0. The van der Waals surface area contributed by atoms with Gasteiger partial charge < -0.3 is 5.32 Å². The van der Waals surface area contributed by atoms with Gasteiger partial charge in [-0.1, -0.05) is 29.8 Å². The molecule has 2 rings (SSSR count). The predicted molar refractivity (Wildman–Crippen MR) is 81.3 cm³/mol. The summed E-state index contributed by atoms with van der Waals surface area (Å²) >= 11 is 5.96. The quantitative estimate of drug-likeness (QED) is 0.667. The van der Waals surface area contributed by atoms with Crippen molar-refractivity contribution >= 4 is 23.0 Å². The van der Waals surface area contributed by atoms with Crippen molar-refractivity contribution in [3.8, 4) is 0 Å². The minimum absolute atomic E-state index is 0.145. The molecule has 0 heterocycles. The zero-order valence-corrected chi connectivity index (χ0v) is 12.1. The van der Waals surface area contributed by atoms with Crippen LogP contribution in [-0.4, -0.2) is 4.92 Å². The van der Waals surface area contributed by atoms with E-state index in [9.17, 15) is 10.1 Å². The molecule has 1 N–H and O–H groups in total. The number of hydrogen-bond acceptors (Lipinski definition) is 3. The van der Waals surface area contributed by atoms with E-state index in [4.69, 9.17) is 11.6 Å². The van der Waals surface area contributed by atoms with Crippen LogP contribution >= 0.6 is 11.6 Å². The molecule has 0 saturated heterocycles. The molecule has 0 aliphatic carbocycles. The zero-order valence-electron chi connectivity index (χ0n) is 11.3. The lowest BCUT2D eigenvalue weighted by atomic mass is 10.1. The number of rotatable bonds is 4. The smallest absolute Gasteiger partial charge is 0.272 e. The lowest BCUT2D eigenvalue weighted by Gasteiger charge is -2.10. The second kappa shape index (κ2) is 5.92. The largest absolute Gasteiger partial charge is 0.381 e. The molecule has 0 bridgehead atoms. The monoisotopic (exact) mass is 290 g/mol. The van der Waals surface area contributed by atoms with Crippen LogP contribution in [-0.2, 0) is 6.54 Å². The number of aryl methyl sites for hydroxylation is 2. The first kappa shape index (κ1) is 14.3. The van der Waals surface area contributed by atoms with E-state index in [0.29, 0.717) is 17.1 Å². The number of halogens is 1. The fourth-order valence-corrected chi connectivity index (χ4v) is 2.12. The molecule has 0 aromatic heterocycles. The van der Waals surface area contributed by atoms with Crippen molar-refractivity contribution in [2.45, 2.75) is 20.4 Å². The lowest BCUT2D eigenvalue weighted by Crippen LogP contribution is -2.02. The number of nitrogens with one attached hydrogen (secondary N) is 1. The highest BCUT2D eigenvalue weighted by Gasteiger charge is 2.10. The van der Waals surface area contributed by atoms with Crippen molar-refractivity contribution in [2.24, 2.45) is 0 Å². The molecule has 0 amide bonds. The molecule has 0 radical (unpaired) electrons. The van der Waals surface area contributed by atoms with Crippen molar-refractivity contribution in [1.29, 1.82) is 0 Å². The van der Waals surface area contributed by atoms with Crippen LogP contribution < -0.4 is 5.32 Å². The van der Waals surface area contributed by atoms with Gasteiger partial charge >= 0.3 is 0 Å². The average Bonchev–Trinajstić information content (AvgIpc) is 2.41. The summed E-state index contributed by atoms with van der Waals surface area (Å²) < 4.78 is 0. The molecule has 5 heteroatoms. The summed E-state index contributed by atoms with van der Waals surface area (Å²) in [6, 6.07) is 10.9. The molecule has 0 aliphatic rings. The molecule has 104 valence electrons. The van der Waals surface area contributed by atoms with Crippen molar-refractivity contribution in [1.82, 2.24) is 0 Å². The third kappa shape index (κ3) is 3.27. The van der Waals surface area contributed by atoms with Gasteiger partial charge in [0, 0.05) is 28.9 Å². The van der Waals surface area contributed by atoms with Crippen LogP contribution in [0.2, 0.25) is 5.02 Å². The molecule has 0 fully saturated rings. The van der Waals surface area contributed by atoms with Crippen LogP contribution in [0.4, 0.5) is 11.4 Å². The average molecular weight is 291 g/mol. The van der Waals surface area contributed by atoms with Crippen LogP contribution in [0, 0.1) is 24.0 Å². The Bertz CT molecular complexity index is 656. The van der Waals surface area contributed by atoms with Gasteiger partial charge in [0.1, 0.15) is 0 Å². The summed E-state index contributed by atoms with van der Waals surface area (Å²) in [6.45, 7) is 4.23. The van der Waals surface area contributed by atoms with E-state index in [-0.39, 0.29) is 10.6 Å². The summed E-state index contributed by atoms with van der Waals surface area (Å²) in [5.74, 6) is 0. The maximum atomic E-state index is 10.9. The van der Waals surface area contributed by atoms with Crippen LogP contribution in [0.15, 0.2) is 36.4 Å². The number of anilines is 1. The van der Waals surface area contributed by atoms with Gasteiger partial charge in [0.25, 0.3) is 5.69 Å². The number of nitro benzene ring substituents is 1. The molecule has 0 atom stereocenters. The molecular formula is C15H15ClN2O2. The highest BCUT2D eigenvalue weighted by atomic mass is 35.5. The van der Waals surface area contributed by atoms with E-state index in [1.807, 2.05) is 31.2 Å². The maximum absolute atomic E-state index is 10.9. The van der Waals surface area contributed by atoms with Gasteiger partial charge in [0.05, 0.1) is 4.92 Å². The Morgan fingerprint density at radius 3 is 2.55 bits per heavy atom. The van der Waals surface area contributed by atoms with Crippen molar-refractivity contribution < 1.29 is 4.92 Å². The fourth-order valence-electron chi connectivity index (χ4n) is 1.94. The number of benzene rings is 2. The number of nitro groups is 1. The van der Waals surface area contributed by atoms with Gasteiger partial charge in [-0.15, -0.1) is 0 Å². The Balaban J connectivity index is 2.17. The minimum atomic E-state index is -0.358. The zero-order chi connectivity index (χ0) is 14.7. The highest BCUT2D eigenvalue weighted by molar-refractivity contribution is 6.30. The molecule has 0 spiro atoms. The van der Waals surface area contributed by atoms with Gasteiger partial charge in [-0.25, -0.2) is 0 Å². The van der Waals surface area contributed by atoms with Crippen molar-refractivity contribution in [3.63, 3.8) is 0 Å². The molecular weight excluding hydrogens is 276 g/mol. The van der Waals surface area contributed by atoms with Gasteiger partial charge in [-0.3, -0.25) is 10.1 Å². The standard InChI is InChI=1S/C15H15ClN2O2/c1-10-4-6-13(16)8-14(10)17-9-12-5-3-11(2)15(7-12)18(19)20/h3-8,17H,9H2,1-2H3.